The summed E-state index contributed by atoms with van der Waals surface area (Å²) < 4.78 is 4.88. The summed E-state index contributed by atoms with van der Waals surface area (Å²) in [5.41, 5.74) is 13.2. The van der Waals surface area contributed by atoms with Gasteiger partial charge >= 0.3 is 0 Å². The minimum Gasteiger partial charge on any atom is -0.309 e. The van der Waals surface area contributed by atoms with E-state index in [9.17, 15) is 0 Å². The zero-order valence-corrected chi connectivity index (χ0v) is 31.2. The summed E-state index contributed by atoms with van der Waals surface area (Å²) in [4.78, 5) is 14.9. The van der Waals surface area contributed by atoms with Gasteiger partial charge in [-0.25, -0.2) is 15.0 Å². The van der Waals surface area contributed by atoms with Gasteiger partial charge in [0.2, 0.25) is 0 Å². The molecule has 0 saturated carbocycles. The molecule has 0 bridgehead atoms. The van der Waals surface area contributed by atoms with Gasteiger partial charge in [0.1, 0.15) is 0 Å². The molecule has 0 atom stereocenters. The minimum atomic E-state index is 0.634. The summed E-state index contributed by atoms with van der Waals surface area (Å²) in [6.45, 7) is 2.26. The lowest BCUT2D eigenvalue weighted by Gasteiger charge is -2.20. The van der Waals surface area contributed by atoms with Gasteiger partial charge in [-0.1, -0.05) is 158 Å². The number of benzene rings is 8. The molecule has 11 rings (SSSR count). The van der Waals surface area contributed by atoms with E-state index < -0.39 is 0 Å². The quantitative estimate of drug-likeness (QED) is 0.171. The van der Waals surface area contributed by atoms with Crippen LogP contribution in [0.25, 0.3) is 100 Å². The van der Waals surface area contributed by atoms with Crippen LogP contribution in [-0.2, 0) is 0 Å². The Bertz CT molecular complexity index is 2990. The van der Waals surface area contributed by atoms with Crippen molar-refractivity contribution >= 4 is 43.6 Å². The van der Waals surface area contributed by atoms with Gasteiger partial charge in [-0.05, 0) is 60.0 Å². The number of nitrogens with zero attached hydrogens (tertiary/aromatic N) is 5. The molecule has 0 radical (unpaired) electrons. The molecule has 268 valence electrons. The average molecular weight is 730 g/mol. The lowest BCUT2D eigenvalue weighted by molar-refractivity contribution is 1.07. The number of rotatable bonds is 6. The Morgan fingerprint density at radius 1 is 0.298 bits per heavy atom. The van der Waals surface area contributed by atoms with Crippen LogP contribution in [-0.4, -0.2) is 24.1 Å². The van der Waals surface area contributed by atoms with E-state index in [1.54, 1.807) is 0 Å². The Morgan fingerprint density at radius 2 is 0.596 bits per heavy atom. The highest BCUT2D eigenvalue weighted by molar-refractivity contribution is 6.11. The van der Waals surface area contributed by atoms with Gasteiger partial charge in [-0.3, -0.25) is 0 Å². The summed E-state index contributed by atoms with van der Waals surface area (Å²) in [7, 11) is 0. The molecule has 57 heavy (non-hydrogen) atoms. The lowest BCUT2D eigenvalue weighted by Crippen LogP contribution is -2.04. The summed E-state index contributed by atoms with van der Waals surface area (Å²) in [6.07, 6.45) is 0. The van der Waals surface area contributed by atoms with E-state index in [2.05, 4.69) is 150 Å². The maximum atomic E-state index is 5.00. The zero-order valence-electron chi connectivity index (χ0n) is 31.2. The first-order valence-electron chi connectivity index (χ1n) is 19.3. The molecule has 5 heteroatoms. The third-order valence-corrected chi connectivity index (χ3v) is 11.2. The molecule has 3 heterocycles. The maximum Gasteiger partial charge on any atom is 0.164 e. The largest absolute Gasteiger partial charge is 0.309 e. The van der Waals surface area contributed by atoms with Gasteiger partial charge in [0, 0.05) is 38.2 Å². The molecule has 3 aromatic heterocycles. The molecule has 0 spiro atoms. The maximum absolute atomic E-state index is 5.00. The second kappa shape index (κ2) is 13.3. The smallest absolute Gasteiger partial charge is 0.164 e. The van der Waals surface area contributed by atoms with Crippen LogP contribution in [0.5, 0.6) is 0 Å². The third kappa shape index (κ3) is 5.43. The molecule has 0 fully saturated rings. The van der Waals surface area contributed by atoms with E-state index in [1.165, 1.54) is 49.2 Å². The van der Waals surface area contributed by atoms with Crippen molar-refractivity contribution < 1.29 is 0 Å². The Hall–Kier alpha value is -7.63. The molecular formula is C52H35N5. The standard InChI is InChI=1S/C52H35N5/c1-34-48(56-44-24-12-8-20-40(44)41-21-9-13-25-45(41)56)32-39(33-49(34)57-46-26-14-10-22-42(46)43-23-11-15-27-47(43)57)35-28-30-38(31-29-35)52-54-50(36-16-4-2-5-17-36)53-51(55-52)37-18-6-3-7-19-37/h2-33H,1H3. The number of hydrogen-bond donors (Lipinski definition) is 0. The highest BCUT2D eigenvalue weighted by atomic mass is 15.0. The molecule has 0 aliphatic carbocycles. The first-order valence-corrected chi connectivity index (χ1v) is 19.3. The van der Waals surface area contributed by atoms with E-state index in [0.29, 0.717) is 17.5 Å². The van der Waals surface area contributed by atoms with Crippen LogP contribution in [0.2, 0.25) is 0 Å². The Morgan fingerprint density at radius 3 is 0.965 bits per heavy atom. The fraction of sp³-hybridized carbons (Fsp3) is 0.0192. The first-order chi connectivity index (χ1) is 28.2. The normalized spacial score (nSPS) is 11.6. The second-order valence-corrected chi connectivity index (χ2v) is 14.5. The number of para-hydroxylation sites is 4. The number of fused-ring (bicyclic) bond motifs is 6. The van der Waals surface area contributed by atoms with Crippen molar-refractivity contribution in [2.24, 2.45) is 0 Å². The van der Waals surface area contributed by atoms with E-state index in [4.69, 9.17) is 15.0 Å². The third-order valence-electron chi connectivity index (χ3n) is 11.2. The van der Waals surface area contributed by atoms with Crippen LogP contribution in [0.15, 0.2) is 194 Å². The van der Waals surface area contributed by atoms with Gasteiger partial charge in [0.05, 0.1) is 33.4 Å². The van der Waals surface area contributed by atoms with Crippen LogP contribution in [0.3, 0.4) is 0 Å². The van der Waals surface area contributed by atoms with Crippen LogP contribution < -0.4 is 0 Å². The van der Waals surface area contributed by atoms with Crippen molar-refractivity contribution in [3.8, 4) is 56.7 Å². The SMILES string of the molecule is Cc1c(-n2c3ccccc3c3ccccc32)cc(-c2ccc(-c3nc(-c4ccccc4)nc(-c4ccccc4)n3)cc2)cc1-n1c2ccccc2c2ccccc21. The second-order valence-electron chi connectivity index (χ2n) is 14.5. The molecule has 0 unspecified atom stereocenters. The van der Waals surface area contributed by atoms with Gasteiger partial charge in [-0.2, -0.15) is 0 Å². The van der Waals surface area contributed by atoms with Crippen molar-refractivity contribution in [2.45, 2.75) is 6.92 Å². The summed E-state index contributed by atoms with van der Waals surface area (Å²) in [5, 5.41) is 4.95. The molecule has 8 aromatic carbocycles. The number of aromatic nitrogens is 5. The van der Waals surface area contributed by atoms with E-state index in [1.807, 2.05) is 60.7 Å². The van der Waals surface area contributed by atoms with Gasteiger partial charge in [0.25, 0.3) is 0 Å². The predicted octanol–water partition coefficient (Wildman–Crippen LogP) is 13.0. The van der Waals surface area contributed by atoms with Crippen LogP contribution in [0, 0.1) is 6.92 Å². The summed E-state index contributed by atoms with van der Waals surface area (Å²) in [6, 6.07) is 68.5. The average Bonchev–Trinajstić information content (AvgIpc) is 3.80. The van der Waals surface area contributed by atoms with Crippen molar-refractivity contribution in [1.29, 1.82) is 0 Å². The Balaban J connectivity index is 1.13. The topological polar surface area (TPSA) is 48.5 Å². The van der Waals surface area contributed by atoms with Crippen molar-refractivity contribution in [1.82, 2.24) is 24.1 Å². The predicted molar refractivity (Wildman–Crippen MR) is 235 cm³/mol. The Kier molecular flexibility index (Phi) is 7.64. The van der Waals surface area contributed by atoms with Crippen molar-refractivity contribution in [3.05, 3.63) is 200 Å². The highest BCUT2D eigenvalue weighted by Gasteiger charge is 2.21. The van der Waals surface area contributed by atoms with Crippen molar-refractivity contribution in [2.75, 3.05) is 0 Å². The molecule has 11 aromatic rings. The molecule has 5 nitrogen and oxygen atoms in total. The molecule has 0 saturated heterocycles. The zero-order chi connectivity index (χ0) is 37.9. The Labute approximate surface area is 329 Å². The lowest BCUT2D eigenvalue weighted by atomic mass is 9.99. The minimum absolute atomic E-state index is 0.634. The van der Waals surface area contributed by atoms with E-state index >= 15 is 0 Å². The van der Waals surface area contributed by atoms with Gasteiger partial charge in [0.15, 0.2) is 17.5 Å². The number of hydrogen-bond acceptors (Lipinski definition) is 3. The molecular weight excluding hydrogens is 695 g/mol. The molecule has 0 N–H and O–H groups in total. The van der Waals surface area contributed by atoms with E-state index in [-0.39, 0.29) is 0 Å². The molecule has 0 aliphatic rings. The summed E-state index contributed by atoms with van der Waals surface area (Å²) >= 11 is 0. The van der Waals surface area contributed by atoms with Crippen LogP contribution in [0.1, 0.15) is 5.56 Å². The monoisotopic (exact) mass is 729 g/mol. The van der Waals surface area contributed by atoms with Crippen molar-refractivity contribution in [3.63, 3.8) is 0 Å². The molecule has 0 amide bonds. The summed E-state index contributed by atoms with van der Waals surface area (Å²) in [5.74, 6) is 1.93. The van der Waals surface area contributed by atoms with Crippen LogP contribution >= 0.6 is 0 Å². The highest BCUT2D eigenvalue weighted by Crippen LogP contribution is 2.40. The van der Waals surface area contributed by atoms with E-state index in [0.717, 1.165) is 39.2 Å². The van der Waals surface area contributed by atoms with Gasteiger partial charge < -0.3 is 9.13 Å². The molecule has 0 aliphatic heterocycles. The van der Waals surface area contributed by atoms with Gasteiger partial charge in [-0.15, -0.1) is 0 Å². The fourth-order valence-corrected chi connectivity index (χ4v) is 8.43. The van der Waals surface area contributed by atoms with Crippen LogP contribution in [0.4, 0.5) is 0 Å². The first kappa shape index (κ1) is 32.8. The fourth-order valence-electron chi connectivity index (χ4n) is 8.43.